The molecule has 0 unspecified atom stereocenters. The van der Waals surface area contributed by atoms with Crippen molar-refractivity contribution < 1.29 is 14.7 Å². The topological polar surface area (TPSA) is 54.4 Å². The van der Waals surface area contributed by atoms with Crippen molar-refractivity contribution >= 4 is 17.5 Å². The zero-order valence-electron chi connectivity index (χ0n) is 6.65. The van der Waals surface area contributed by atoms with Crippen LogP contribution in [0.25, 0.3) is 5.57 Å². The van der Waals surface area contributed by atoms with E-state index in [1.807, 2.05) is 5.73 Å². The minimum atomic E-state index is -1.19. The summed E-state index contributed by atoms with van der Waals surface area (Å²) in [6, 6.07) is 8.31. The van der Waals surface area contributed by atoms with Crippen LogP contribution in [0, 0.1) is 0 Å². The molecule has 0 fully saturated rings. The summed E-state index contributed by atoms with van der Waals surface area (Å²) >= 11 is 0. The van der Waals surface area contributed by atoms with Gasteiger partial charge in [0.05, 0.1) is 0 Å². The molecule has 1 aromatic carbocycles. The molecular formula is C10H6O3. The van der Waals surface area contributed by atoms with Gasteiger partial charge in [-0.05, 0) is 11.3 Å². The predicted octanol–water partition coefficient (Wildman–Crippen LogP) is 1.14. The van der Waals surface area contributed by atoms with Crippen LogP contribution >= 0.6 is 0 Å². The Morgan fingerprint density at radius 3 is 2.31 bits per heavy atom. The van der Waals surface area contributed by atoms with Gasteiger partial charge in [-0.3, -0.25) is 0 Å². The molecule has 1 rings (SSSR count). The maximum absolute atomic E-state index is 10.6. The van der Waals surface area contributed by atoms with E-state index in [0.29, 0.717) is 5.56 Å². The number of rotatable bonds is 2. The molecule has 1 aromatic rings. The van der Waals surface area contributed by atoms with Crippen molar-refractivity contribution in [2.24, 2.45) is 0 Å². The summed E-state index contributed by atoms with van der Waals surface area (Å²) in [5.41, 5.74) is 2.28. The Balaban J connectivity index is 3.27. The van der Waals surface area contributed by atoms with Gasteiger partial charge in [0.15, 0.2) is 5.94 Å². The van der Waals surface area contributed by atoms with Crippen molar-refractivity contribution in [3.05, 3.63) is 41.6 Å². The molecule has 3 heteroatoms. The third kappa shape index (κ3) is 2.17. The first kappa shape index (κ1) is 9.01. The molecule has 0 radical (unpaired) electrons. The molecule has 0 aliphatic heterocycles. The van der Waals surface area contributed by atoms with Gasteiger partial charge in [-0.25, -0.2) is 9.59 Å². The summed E-state index contributed by atoms with van der Waals surface area (Å²) < 4.78 is 0. The zero-order valence-corrected chi connectivity index (χ0v) is 6.65. The summed E-state index contributed by atoms with van der Waals surface area (Å²) in [5, 5.41) is 8.68. The summed E-state index contributed by atoms with van der Waals surface area (Å²) in [6.45, 7) is 0. The fraction of sp³-hybridized carbons (Fsp3) is 0. The lowest BCUT2D eigenvalue weighted by Gasteiger charge is -1.96. The Bertz CT molecular complexity index is 393. The van der Waals surface area contributed by atoms with Gasteiger partial charge in [-0.1, -0.05) is 30.3 Å². The van der Waals surface area contributed by atoms with Crippen LogP contribution in [-0.2, 0) is 9.59 Å². The number of carbonyl (C=O) groups excluding carboxylic acids is 1. The van der Waals surface area contributed by atoms with E-state index in [2.05, 4.69) is 0 Å². The van der Waals surface area contributed by atoms with Gasteiger partial charge in [0.25, 0.3) is 0 Å². The Hall–Kier alpha value is -2.08. The second-order valence-electron chi connectivity index (χ2n) is 2.27. The van der Waals surface area contributed by atoms with Gasteiger partial charge < -0.3 is 5.11 Å². The molecule has 3 nitrogen and oxygen atoms in total. The lowest BCUT2D eigenvalue weighted by atomic mass is 10.1. The second kappa shape index (κ2) is 4.07. The first-order valence-electron chi connectivity index (χ1n) is 3.54. The predicted molar refractivity (Wildman–Crippen MR) is 46.7 cm³/mol. The van der Waals surface area contributed by atoms with Crippen LogP contribution in [0.15, 0.2) is 36.1 Å². The van der Waals surface area contributed by atoms with Gasteiger partial charge >= 0.3 is 5.97 Å². The van der Waals surface area contributed by atoms with Crippen LogP contribution < -0.4 is 0 Å². The molecule has 0 bridgehead atoms. The molecule has 0 saturated carbocycles. The molecule has 0 aliphatic rings. The van der Waals surface area contributed by atoms with Crippen molar-refractivity contribution in [3.8, 4) is 0 Å². The van der Waals surface area contributed by atoms with Crippen LogP contribution in [0.2, 0.25) is 0 Å². The average Bonchev–Trinajstić information content (AvgIpc) is 2.15. The second-order valence-corrected chi connectivity index (χ2v) is 2.27. The summed E-state index contributed by atoms with van der Waals surface area (Å²) in [4.78, 5) is 20.6. The molecule has 13 heavy (non-hydrogen) atoms. The number of aliphatic carboxylic acids is 1. The number of hydrogen-bond donors (Lipinski definition) is 1. The Morgan fingerprint density at radius 1 is 1.23 bits per heavy atom. The highest BCUT2D eigenvalue weighted by molar-refractivity contribution is 6.15. The van der Waals surface area contributed by atoms with E-state index >= 15 is 0 Å². The fourth-order valence-electron chi connectivity index (χ4n) is 0.905. The van der Waals surface area contributed by atoms with E-state index < -0.39 is 5.97 Å². The monoisotopic (exact) mass is 174 g/mol. The van der Waals surface area contributed by atoms with E-state index in [4.69, 9.17) is 5.11 Å². The summed E-state index contributed by atoms with van der Waals surface area (Å²) in [7, 11) is 0. The molecule has 0 aliphatic carbocycles. The van der Waals surface area contributed by atoms with Crippen LogP contribution in [0.3, 0.4) is 0 Å². The van der Waals surface area contributed by atoms with Gasteiger partial charge in [0.1, 0.15) is 5.57 Å². The number of carboxylic acids is 1. The number of carboxylic acid groups (broad SMARTS) is 1. The number of hydrogen-bond acceptors (Lipinski definition) is 2. The minimum absolute atomic E-state index is 0.171. The molecule has 0 saturated heterocycles. The van der Waals surface area contributed by atoms with E-state index in [-0.39, 0.29) is 5.57 Å². The standard InChI is InChI=1S/C10H6O3/c11-7-6-9(10(12)13)8-4-2-1-3-5-8/h1-5H,(H,12,13). The fourth-order valence-corrected chi connectivity index (χ4v) is 0.905. The van der Waals surface area contributed by atoms with Gasteiger partial charge in [-0.15, -0.1) is 0 Å². The van der Waals surface area contributed by atoms with Crippen molar-refractivity contribution in [1.29, 1.82) is 0 Å². The maximum atomic E-state index is 10.6. The summed E-state index contributed by atoms with van der Waals surface area (Å²) in [6.07, 6.45) is 0. The molecule has 0 atom stereocenters. The normalized spacial score (nSPS) is 8.31. The minimum Gasteiger partial charge on any atom is -0.477 e. The van der Waals surface area contributed by atoms with Crippen LogP contribution in [0.1, 0.15) is 5.56 Å². The Kier molecular flexibility index (Phi) is 2.82. The quantitative estimate of drug-likeness (QED) is 0.415. The highest BCUT2D eigenvalue weighted by Crippen LogP contribution is 2.11. The Morgan fingerprint density at radius 2 is 1.85 bits per heavy atom. The van der Waals surface area contributed by atoms with Gasteiger partial charge in [0, 0.05) is 0 Å². The smallest absolute Gasteiger partial charge is 0.345 e. The lowest BCUT2D eigenvalue weighted by Crippen LogP contribution is -1.97. The van der Waals surface area contributed by atoms with Crippen molar-refractivity contribution in [2.75, 3.05) is 0 Å². The van der Waals surface area contributed by atoms with Crippen LogP contribution in [-0.4, -0.2) is 17.0 Å². The zero-order chi connectivity index (χ0) is 9.68. The molecule has 1 N–H and O–H groups in total. The third-order valence-corrected chi connectivity index (χ3v) is 1.45. The third-order valence-electron chi connectivity index (χ3n) is 1.45. The first-order valence-corrected chi connectivity index (χ1v) is 3.54. The summed E-state index contributed by atoms with van der Waals surface area (Å²) in [5.74, 6) is 0.144. The SMILES string of the molecule is O=C=C=C(C(=O)O)c1ccccc1. The number of carbonyl (C=O) groups is 1. The van der Waals surface area contributed by atoms with E-state index in [1.54, 1.807) is 30.3 Å². The van der Waals surface area contributed by atoms with Crippen LogP contribution in [0.4, 0.5) is 0 Å². The molecule has 0 heterocycles. The first-order chi connectivity index (χ1) is 6.25. The van der Waals surface area contributed by atoms with Crippen molar-refractivity contribution in [2.45, 2.75) is 0 Å². The molecule has 0 amide bonds. The van der Waals surface area contributed by atoms with E-state index in [0.717, 1.165) is 0 Å². The molecule has 64 valence electrons. The van der Waals surface area contributed by atoms with E-state index in [9.17, 15) is 9.59 Å². The van der Waals surface area contributed by atoms with E-state index in [1.165, 1.54) is 5.94 Å². The number of benzene rings is 1. The van der Waals surface area contributed by atoms with Gasteiger partial charge in [0.2, 0.25) is 0 Å². The highest BCUT2D eigenvalue weighted by atomic mass is 16.4. The van der Waals surface area contributed by atoms with Crippen LogP contribution in [0.5, 0.6) is 0 Å². The Labute approximate surface area is 74.6 Å². The lowest BCUT2D eigenvalue weighted by molar-refractivity contribution is -0.130. The highest BCUT2D eigenvalue weighted by Gasteiger charge is 2.08. The van der Waals surface area contributed by atoms with Crippen molar-refractivity contribution in [3.63, 3.8) is 0 Å². The average molecular weight is 174 g/mol. The molecule has 0 aromatic heterocycles. The molecular weight excluding hydrogens is 168 g/mol. The molecule has 0 spiro atoms. The maximum Gasteiger partial charge on any atom is 0.345 e. The van der Waals surface area contributed by atoms with Gasteiger partial charge in [-0.2, -0.15) is 0 Å². The van der Waals surface area contributed by atoms with Crippen molar-refractivity contribution in [1.82, 2.24) is 0 Å². The largest absolute Gasteiger partial charge is 0.477 e.